The first kappa shape index (κ1) is 14.0. The second kappa shape index (κ2) is 5.50. The molecule has 1 aromatic rings. The molecular weight excluding hydrogens is 206 g/mol. The van der Waals surface area contributed by atoms with Crippen molar-refractivity contribution < 1.29 is 0 Å². The molecule has 1 unspecified atom stereocenters. The molecule has 0 saturated heterocycles. The van der Waals surface area contributed by atoms with Crippen LogP contribution in [0.1, 0.15) is 33.3 Å². The molecule has 1 atom stereocenters. The van der Waals surface area contributed by atoms with E-state index in [1.165, 1.54) is 5.56 Å². The van der Waals surface area contributed by atoms with Gasteiger partial charge in [0.05, 0.1) is 0 Å². The molecular formula is C16H25N. The fourth-order valence-electron chi connectivity index (χ4n) is 1.74. The Morgan fingerprint density at radius 1 is 1.12 bits per heavy atom. The molecule has 0 bridgehead atoms. The van der Waals surface area contributed by atoms with Crippen molar-refractivity contribution >= 4 is 0 Å². The van der Waals surface area contributed by atoms with Crippen LogP contribution in [0.15, 0.2) is 43.0 Å². The molecule has 0 amide bonds. The minimum atomic E-state index is 0.106. The van der Waals surface area contributed by atoms with Gasteiger partial charge in [0.15, 0.2) is 0 Å². The Labute approximate surface area is 106 Å². The van der Waals surface area contributed by atoms with Crippen LogP contribution in [-0.4, -0.2) is 12.1 Å². The summed E-state index contributed by atoms with van der Waals surface area (Å²) in [5, 5.41) is 3.56. The van der Waals surface area contributed by atoms with Crippen molar-refractivity contribution in [1.82, 2.24) is 5.32 Å². The van der Waals surface area contributed by atoms with Crippen LogP contribution in [0.5, 0.6) is 0 Å². The van der Waals surface area contributed by atoms with Crippen LogP contribution in [0.25, 0.3) is 0 Å². The van der Waals surface area contributed by atoms with E-state index in [1.807, 2.05) is 0 Å². The molecule has 0 aromatic heterocycles. The second-order valence-electron chi connectivity index (χ2n) is 6.12. The van der Waals surface area contributed by atoms with Crippen LogP contribution < -0.4 is 5.32 Å². The van der Waals surface area contributed by atoms with Crippen molar-refractivity contribution in [2.45, 2.75) is 39.7 Å². The Balaban J connectivity index is 2.66. The molecule has 94 valence electrons. The molecule has 1 N–H and O–H groups in total. The van der Waals surface area contributed by atoms with Crippen molar-refractivity contribution in [3.63, 3.8) is 0 Å². The predicted octanol–water partition coefficient (Wildman–Crippen LogP) is 3.81. The van der Waals surface area contributed by atoms with Crippen LogP contribution in [0.2, 0.25) is 0 Å². The van der Waals surface area contributed by atoms with Gasteiger partial charge >= 0.3 is 0 Å². The van der Waals surface area contributed by atoms with Crippen molar-refractivity contribution in [3.8, 4) is 0 Å². The van der Waals surface area contributed by atoms with Crippen LogP contribution in [0, 0.1) is 5.41 Å². The Bertz CT molecular complexity index is 348. The minimum Gasteiger partial charge on any atom is -0.311 e. The zero-order valence-corrected chi connectivity index (χ0v) is 11.6. The summed E-state index contributed by atoms with van der Waals surface area (Å²) in [5.41, 5.74) is 1.63. The topological polar surface area (TPSA) is 12.0 Å². The Kier molecular flexibility index (Phi) is 4.53. The summed E-state index contributed by atoms with van der Waals surface area (Å²) in [6, 6.07) is 10.6. The van der Waals surface area contributed by atoms with Gasteiger partial charge in [0, 0.05) is 17.5 Å². The third-order valence-electron chi connectivity index (χ3n) is 2.97. The number of nitrogens with one attached hydrogen (secondary N) is 1. The van der Waals surface area contributed by atoms with E-state index >= 15 is 0 Å². The molecule has 0 heterocycles. The van der Waals surface area contributed by atoms with Crippen molar-refractivity contribution in [2.24, 2.45) is 5.41 Å². The van der Waals surface area contributed by atoms with Gasteiger partial charge in [0.25, 0.3) is 0 Å². The maximum absolute atomic E-state index is 3.99. The summed E-state index contributed by atoms with van der Waals surface area (Å²) in [6.07, 6.45) is 3.10. The molecule has 1 nitrogen and oxygen atoms in total. The maximum atomic E-state index is 3.99. The Morgan fingerprint density at radius 2 is 1.71 bits per heavy atom. The van der Waals surface area contributed by atoms with Gasteiger partial charge in [0.1, 0.15) is 0 Å². The molecule has 17 heavy (non-hydrogen) atoms. The number of hydrogen-bond acceptors (Lipinski definition) is 1. The second-order valence-corrected chi connectivity index (χ2v) is 6.12. The highest BCUT2D eigenvalue weighted by Gasteiger charge is 2.23. The molecule has 1 aromatic carbocycles. The summed E-state index contributed by atoms with van der Waals surface area (Å²) < 4.78 is 0. The van der Waals surface area contributed by atoms with E-state index < -0.39 is 0 Å². The highest BCUT2D eigenvalue weighted by atomic mass is 15.0. The first-order valence-electron chi connectivity index (χ1n) is 6.27. The minimum absolute atomic E-state index is 0.106. The number of rotatable bonds is 5. The monoisotopic (exact) mass is 231 g/mol. The van der Waals surface area contributed by atoms with Gasteiger partial charge in [-0.3, -0.25) is 0 Å². The van der Waals surface area contributed by atoms with Gasteiger partial charge < -0.3 is 5.32 Å². The molecule has 0 radical (unpaired) electrons. The van der Waals surface area contributed by atoms with E-state index in [0.717, 1.165) is 13.0 Å². The maximum Gasteiger partial charge on any atom is 0.00968 e. The van der Waals surface area contributed by atoms with E-state index in [1.54, 1.807) is 0 Å². The van der Waals surface area contributed by atoms with E-state index in [9.17, 15) is 0 Å². The van der Waals surface area contributed by atoms with E-state index in [0.29, 0.717) is 0 Å². The molecule has 0 aliphatic carbocycles. The van der Waals surface area contributed by atoms with Crippen LogP contribution in [0.3, 0.4) is 0 Å². The summed E-state index contributed by atoms with van der Waals surface area (Å²) >= 11 is 0. The summed E-state index contributed by atoms with van der Waals surface area (Å²) in [7, 11) is 0. The zero-order chi connectivity index (χ0) is 12.9. The zero-order valence-electron chi connectivity index (χ0n) is 11.6. The molecule has 0 aliphatic heterocycles. The Hall–Kier alpha value is -1.08. The molecule has 0 fully saturated rings. The average Bonchev–Trinajstić information content (AvgIpc) is 2.27. The van der Waals surface area contributed by atoms with Crippen LogP contribution in [0.4, 0.5) is 0 Å². The summed E-state index contributed by atoms with van der Waals surface area (Å²) in [4.78, 5) is 0. The molecule has 0 spiro atoms. The third-order valence-corrected chi connectivity index (χ3v) is 2.97. The smallest absolute Gasteiger partial charge is 0.00968 e. The summed E-state index contributed by atoms with van der Waals surface area (Å²) in [5.74, 6) is 0. The van der Waals surface area contributed by atoms with Crippen LogP contribution in [-0.2, 0) is 6.42 Å². The van der Waals surface area contributed by atoms with E-state index in [-0.39, 0.29) is 11.0 Å². The summed E-state index contributed by atoms with van der Waals surface area (Å²) in [6.45, 7) is 13.8. The molecule has 1 heteroatoms. The normalized spacial score (nSPS) is 15.3. The van der Waals surface area contributed by atoms with Gasteiger partial charge in [-0.05, 0) is 32.8 Å². The van der Waals surface area contributed by atoms with Crippen molar-refractivity contribution in [2.75, 3.05) is 6.54 Å². The van der Waals surface area contributed by atoms with Crippen LogP contribution >= 0.6 is 0 Å². The highest BCUT2D eigenvalue weighted by molar-refractivity contribution is 5.18. The number of benzene rings is 1. The standard InChI is InChI=1S/C16H25N/c1-6-16(5,13-17-15(2,3)4)12-14-10-8-7-9-11-14/h6-11,17H,1,12-13H2,2-5H3. The van der Waals surface area contributed by atoms with Gasteiger partial charge in [-0.1, -0.05) is 43.3 Å². The highest BCUT2D eigenvalue weighted by Crippen LogP contribution is 2.23. The number of hydrogen-bond donors (Lipinski definition) is 1. The lowest BCUT2D eigenvalue weighted by atomic mass is 9.83. The lowest BCUT2D eigenvalue weighted by Gasteiger charge is -2.31. The van der Waals surface area contributed by atoms with Crippen molar-refractivity contribution in [1.29, 1.82) is 0 Å². The lowest BCUT2D eigenvalue weighted by Crippen LogP contribution is -2.43. The van der Waals surface area contributed by atoms with Crippen molar-refractivity contribution in [3.05, 3.63) is 48.6 Å². The fraction of sp³-hybridized carbons (Fsp3) is 0.500. The molecule has 1 rings (SSSR count). The fourth-order valence-corrected chi connectivity index (χ4v) is 1.74. The van der Waals surface area contributed by atoms with E-state index in [2.05, 4.69) is 76.0 Å². The van der Waals surface area contributed by atoms with Gasteiger partial charge in [-0.15, -0.1) is 6.58 Å². The lowest BCUT2D eigenvalue weighted by molar-refractivity contribution is 0.322. The quantitative estimate of drug-likeness (QED) is 0.760. The van der Waals surface area contributed by atoms with E-state index in [4.69, 9.17) is 0 Å². The molecule has 0 saturated carbocycles. The molecule has 0 aliphatic rings. The predicted molar refractivity (Wildman–Crippen MR) is 76.2 cm³/mol. The van der Waals surface area contributed by atoms with Gasteiger partial charge in [0.2, 0.25) is 0 Å². The third kappa shape index (κ3) is 5.18. The average molecular weight is 231 g/mol. The largest absolute Gasteiger partial charge is 0.311 e. The SMILES string of the molecule is C=CC(C)(CNC(C)(C)C)Cc1ccccc1. The van der Waals surface area contributed by atoms with Gasteiger partial charge in [-0.2, -0.15) is 0 Å². The first-order valence-corrected chi connectivity index (χ1v) is 6.27. The Morgan fingerprint density at radius 3 is 2.18 bits per heavy atom. The van der Waals surface area contributed by atoms with Gasteiger partial charge in [-0.25, -0.2) is 0 Å². The first-order chi connectivity index (χ1) is 7.85.